The van der Waals surface area contributed by atoms with Crippen molar-refractivity contribution in [3.63, 3.8) is 0 Å². The molecule has 1 amide bonds. The summed E-state index contributed by atoms with van der Waals surface area (Å²) in [7, 11) is 1.59. The van der Waals surface area contributed by atoms with Crippen LogP contribution >= 0.6 is 23.2 Å². The Bertz CT molecular complexity index is 754. The number of rotatable bonds is 7. The first kappa shape index (κ1) is 19.5. The second kappa shape index (κ2) is 9.04. The first-order valence-electron chi connectivity index (χ1n) is 7.85. The third-order valence-electron chi connectivity index (χ3n) is 3.56. The lowest BCUT2D eigenvalue weighted by Gasteiger charge is -2.10. The Morgan fingerprint density at radius 2 is 2.04 bits per heavy atom. The summed E-state index contributed by atoms with van der Waals surface area (Å²) < 4.78 is 6.69. The topological polar surface area (TPSA) is 56.1 Å². The summed E-state index contributed by atoms with van der Waals surface area (Å²) >= 11 is 12.3. The van der Waals surface area contributed by atoms with Crippen molar-refractivity contribution in [1.82, 2.24) is 15.1 Å². The lowest BCUT2D eigenvalue weighted by Crippen LogP contribution is -2.34. The van der Waals surface area contributed by atoms with Crippen molar-refractivity contribution in [2.75, 3.05) is 13.7 Å². The first-order chi connectivity index (χ1) is 11.9. The highest BCUT2D eigenvalue weighted by molar-refractivity contribution is 6.31. The SMILES string of the molecule is COCC(C)NC(=O)/C=C/c1c(C)nn(Cc2ccc(Cl)cc2)c1Cl. The van der Waals surface area contributed by atoms with Gasteiger partial charge in [-0.25, -0.2) is 4.68 Å². The van der Waals surface area contributed by atoms with E-state index in [2.05, 4.69) is 10.4 Å². The zero-order chi connectivity index (χ0) is 18.4. The molecule has 1 aromatic heterocycles. The zero-order valence-corrected chi connectivity index (χ0v) is 15.9. The molecule has 2 aromatic rings. The lowest BCUT2D eigenvalue weighted by atomic mass is 10.2. The van der Waals surface area contributed by atoms with E-state index in [4.69, 9.17) is 27.9 Å². The van der Waals surface area contributed by atoms with Gasteiger partial charge in [0.2, 0.25) is 5.91 Å². The fourth-order valence-electron chi connectivity index (χ4n) is 2.37. The minimum Gasteiger partial charge on any atom is -0.383 e. The van der Waals surface area contributed by atoms with Crippen LogP contribution in [0.25, 0.3) is 6.08 Å². The zero-order valence-electron chi connectivity index (χ0n) is 14.4. The molecule has 0 spiro atoms. The lowest BCUT2D eigenvalue weighted by molar-refractivity contribution is -0.117. The first-order valence-corrected chi connectivity index (χ1v) is 8.61. The number of aryl methyl sites for hydroxylation is 1. The fraction of sp³-hybridized carbons (Fsp3) is 0.333. The van der Waals surface area contributed by atoms with Gasteiger partial charge in [0, 0.05) is 29.8 Å². The summed E-state index contributed by atoms with van der Waals surface area (Å²) in [6, 6.07) is 7.44. The smallest absolute Gasteiger partial charge is 0.244 e. The van der Waals surface area contributed by atoms with E-state index < -0.39 is 0 Å². The maximum absolute atomic E-state index is 11.9. The molecule has 0 fully saturated rings. The van der Waals surface area contributed by atoms with Gasteiger partial charge in [0.15, 0.2) is 0 Å². The number of carbonyl (C=O) groups excluding carboxylic acids is 1. The van der Waals surface area contributed by atoms with Gasteiger partial charge in [-0.05, 0) is 37.6 Å². The Labute approximate surface area is 157 Å². The number of hydrogen-bond donors (Lipinski definition) is 1. The summed E-state index contributed by atoms with van der Waals surface area (Å²) in [5, 5.41) is 8.42. The molecule has 1 N–H and O–H groups in total. The Morgan fingerprint density at radius 1 is 1.36 bits per heavy atom. The number of amides is 1. The van der Waals surface area contributed by atoms with Crippen LogP contribution in [0, 0.1) is 6.92 Å². The number of nitrogens with one attached hydrogen (secondary N) is 1. The van der Waals surface area contributed by atoms with Crippen LogP contribution < -0.4 is 5.32 Å². The Kier molecular flexibility index (Phi) is 7.05. The van der Waals surface area contributed by atoms with E-state index in [1.54, 1.807) is 17.9 Å². The van der Waals surface area contributed by atoms with Crippen LogP contribution in [0.3, 0.4) is 0 Å². The molecule has 7 heteroatoms. The number of hydrogen-bond acceptors (Lipinski definition) is 3. The largest absolute Gasteiger partial charge is 0.383 e. The number of halogens is 2. The predicted molar refractivity (Wildman–Crippen MR) is 101 cm³/mol. The molecular formula is C18H21Cl2N3O2. The Hall–Kier alpha value is -1.82. The van der Waals surface area contributed by atoms with Crippen LogP contribution in [0.5, 0.6) is 0 Å². The highest BCUT2D eigenvalue weighted by Gasteiger charge is 2.12. The van der Waals surface area contributed by atoms with Crippen LogP contribution in [0.4, 0.5) is 0 Å². The van der Waals surface area contributed by atoms with E-state index >= 15 is 0 Å². The minimum atomic E-state index is -0.203. The van der Waals surface area contributed by atoms with Gasteiger partial charge >= 0.3 is 0 Å². The average Bonchev–Trinajstić information content (AvgIpc) is 2.81. The molecule has 5 nitrogen and oxygen atoms in total. The number of methoxy groups -OCH3 is 1. The van der Waals surface area contributed by atoms with Gasteiger partial charge in [-0.1, -0.05) is 35.3 Å². The molecule has 0 bridgehead atoms. The minimum absolute atomic E-state index is 0.0636. The van der Waals surface area contributed by atoms with Gasteiger partial charge in [-0.2, -0.15) is 5.10 Å². The third kappa shape index (κ3) is 5.59. The van der Waals surface area contributed by atoms with Crippen molar-refractivity contribution in [3.05, 3.63) is 57.3 Å². The number of ether oxygens (including phenoxy) is 1. The Morgan fingerprint density at radius 3 is 2.68 bits per heavy atom. The molecule has 0 aliphatic carbocycles. The molecule has 134 valence electrons. The summed E-state index contributed by atoms with van der Waals surface area (Å²) in [4.78, 5) is 11.9. The van der Waals surface area contributed by atoms with Crippen LogP contribution in [-0.4, -0.2) is 35.4 Å². The van der Waals surface area contributed by atoms with Crippen molar-refractivity contribution >= 4 is 35.2 Å². The quantitative estimate of drug-likeness (QED) is 0.743. The van der Waals surface area contributed by atoms with Crippen LogP contribution in [-0.2, 0) is 16.1 Å². The number of carbonyl (C=O) groups is 1. The summed E-state index contributed by atoms with van der Waals surface area (Å²) in [5.41, 5.74) is 2.52. The molecule has 1 unspecified atom stereocenters. The molecule has 2 rings (SSSR count). The second-order valence-corrected chi connectivity index (χ2v) is 6.57. The summed E-state index contributed by atoms with van der Waals surface area (Å²) in [6.07, 6.45) is 3.13. The van der Waals surface area contributed by atoms with Gasteiger partial charge in [-0.3, -0.25) is 4.79 Å². The monoisotopic (exact) mass is 381 g/mol. The van der Waals surface area contributed by atoms with Gasteiger partial charge in [-0.15, -0.1) is 0 Å². The normalized spacial score (nSPS) is 12.5. The maximum Gasteiger partial charge on any atom is 0.244 e. The molecule has 0 aliphatic heterocycles. The molecular weight excluding hydrogens is 361 g/mol. The molecule has 0 aliphatic rings. The standard InChI is InChI=1S/C18H21Cl2N3O2/c1-12(11-25-3)21-17(24)9-8-16-13(2)22-23(18(16)20)10-14-4-6-15(19)7-5-14/h4-9,12H,10-11H2,1-3H3,(H,21,24)/b9-8+. The van der Waals surface area contributed by atoms with Gasteiger partial charge in [0.05, 0.1) is 18.8 Å². The van der Waals surface area contributed by atoms with E-state index in [0.29, 0.717) is 23.3 Å². The van der Waals surface area contributed by atoms with Gasteiger partial charge < -0.3 is 10.1 Å². The van der Waals surface area contributed by atoms with Crippen molar-refractivity contribution in [3.8, 4) is 0 Å². The molecule has 1 heterocycles. The average molecular weight is 382 g/mol. The highest BCUT2D eigenvalue weighted by Crippen LogP contribution is 2.22. The van der Waals surface area contributed by atoms with Crippen molar-refractivity contribution in [1.29, 1.82) is 0 Å². The molecule has 0 radical (unpaired) electrons. The van der Waals surface area contributed by atoms with Crippen LogP contribution in [0.1, 0.15) is 23.7 Å². The van der Waals surface area contributed by atoms with E-state index in [1.165, 1.54) is 6.08 Å². The second-order valence-electron chi connectivity index (χ2n) is 5.77. The molecule has 1 atom stereocenters. The van der Waals surface area contributed by atoms with E-state index in [1.807, 2.05) is 38.1 Å². The molecule has 1 aromatic carbocycles. The maximum atomic E-state index is 11.9. The summed E-state index contributed by atoms with van der Waals surface area (Å²) in [5.74, 6) is -0.203. The van der Waals surface area contributed by atoms with E-state index in [0.717, 1.165) is 16.8 Å². The Balaban J connectivity index is 2.09. The van der Waals surface area contributed by atoms with E-state index in [-0.39, 0.29) is 11.9 Å². The van der Waals surface area contributed by atoms with Crippen molar-refractivity contribution in [2.45, 2.75) is 26.4 Å². The van der Waals surface area contributed by atoms with Crippen molar-refractivity contribution in [2.24, 2.45) is 0 Å². The van der Waals surface area contributed by atoms with Gasteiger partial charge in [0.1, 0.15) is 5.15 Å². The van der Waals surface area contributed by atoms with E-state index in [9.17, 15) is 4.79 Å². The molecule has 0 saturated carbocycles. The van der Waals surface area contributed by atoms with Crippen LogP contribution in [0.2, 0.25) is 10.2 Å². The molecule has 25 heavy (non-hydrogen) atoms. The predicted octanol–water partition coefficient (Wildman–Crippen LogP) is 3.71. The number of benzene rings is 1. The highest BCUT2D eigenvalue weighted by atomic mass is 35.5. The van der Waals surface area contributed by atoms with Crippen LogP contribution in [0.15, 0.2) is 30.3 Å². The number of nitrogens with zero attached hydrogens (tertiary/aromatic N) is 2. The third-order valence-corrected chi connectivity index (χ3v) is 4.21. The summed E-state index contributed by atoms with van der Waals surface area (Å²) in [6.45, 7) is 4.72. The fourth-order valence-corrected chi connectivity index (χ4v) is 2.79. The van der Waals surface area contributed by atoms with Gasteiger partial charge in [0.25, 0.3) is 0 Å². The molecule has 0 saturated heterocycles. The number of aromatic nitrogens is 2. The van der Waals surface area contributed by atoms with Crippen molar-refractivity contribution < 1.29 is 9.53 Å².